The van der Waals surface area contributed by atoms with Crippen molar-refractivity contribution in [1.82, 2.24) is 20.2 Å². The summed E-state index contributed by atoms with van der Waals surface area (Å²) < 4.78 is 6.31. The summed E-state index contributed by atoms with van der Waals surface area (Å²) in [4.78, 5) is 10.8. The molecule has 3 N–H and O–H groups in total. The first kappa shape index (κ1) is 11.3. The smallest absolute Gasteiger partial charge is 0.358 e. The molecular weight excluding hydrogens is 226 g/mol. The zero-order chi connectivity index (χ0) is 12.4. The summed E-state index contributed by atoms with van der Waals surface area (Å²) in [6.07, 6.45) is 0. The SMILES string of the molecule is Cc1cc(Cn2nnc(C(=O)O)c2CN)no1. The van der Waals surface area contributed by atoms with Crippen LogP contribution in [0.3, 0.4) is 0 Å². The van der Waals surface area contributed by atoms with E-state index in [1.54, 1.807) is 13.0 Å². The van der Waals surface area contributed by atoms with E-state index in [1.807, 2.05) is 0 Å². The second-order valence-electron chi connectivity index (χ2n) is 3.48. The van der Waals surface area contributed by atoms with E-state index < -0.39 is 5.97 Å². The van der Waals surface area contributed by atoms with Gasteiger partial charge in [-0.2, -0.15) is 0 Å². The second-order valence-corrected chi connectivity index (χ2v) is 3.48. The van der Waals surface area contributed by atoms with E-state index in [2.05, 4.69) is 15.5 Å². The summed E-state index contributed by atoms with van der Waals surface area (Å²) in [5.41, 5.74) is 6.35. The molecule has 0 aromatic carbocycles. The quantitative estimate of drug-likeness (QED) is 0.754. The van der Waals surface area contributed by atoms with Crippen molar-refractivity contribution in [3.05, 3.63) is 28.9 Å². The van der Waals surface area contributed by atoms with Gasteiger partial charge < -0.3 is 15.4 Å². The van der Waals surface area contributed by atoms with Crippen LogP contribution in [0.2, 0.25) is 0 Å². The lowest BCUT2D eigenvalue weighted by Crippen LogP contribution is -2.13. The van der Waals surface area contributed by atoms with E-state index in [0.717, 1.165) is 0 Å². The number of rotatable bonds is 4. The van der Waals surface area contributed by atoms with Gasteiger partial charge in [-0.15, -0.1) is 5.10 Å². The van der Waals surface area contributed by atoms with E-state index in [1.165, 1.54) is 4.68 Å². The monoisotopic (exact) mass is 237 g/mol. The third-order valence-electron chi connectivity index (χ3n) is 2.22. The number of aromatic carboxylic acids is 1. The first-order chi connectivity index (χ1) is 8.11. The van der Waals surface area contributed by atoms with E-state index in [-0.39, 0.29) is 18.8 Å². The molecule has 0 bridgehead atoms. The zero-order valence-electron chi connectivity index (χ0n) is 9.12. The molecule has 2 aromatic rings. The van der Waals surface area contributed by atoms with Crippen LogP contribution in [0.4, 0.5) is 0 Å². The molecule has 17 heavy (non-hydrogen) atoms. The van der Waals surface area contributed by atoms with Crippen molar-refractivity contribution < 1.29 is 14.4 Å². The Kier molecular flexibility index (Phi) is 2.88. The largest absolute Gasteiger partial charge is 0.476 e. The minimum Gasteiger partial charge on any atom is -0.476 e. The molecule has 0 fully saturated rings. The van der Waals surface area contributed by atoms with Crippen LogP contribution in [0.15, 0.2) is 10.6 Å². The average Bonchev–Trinajstić information content (AvgIpc) is 2.85. The number of nitrogens with two attached hydrogens (primary N) is 1. The Balaban J connectivity index is 2.30. The highest BCUT2D eigenvalue weighted by molar-refractivity contribution is 5.86. The molecule has 0 unspecified atom stereocenters. The molecule has 0 aliphatic heterocycles. The molecule has 90 valence electrons. The number of aryl methyl sites for hydroxylation is 1. The Labute approximate surface area is 96.0 Å². The number of hydrogen-bond donors (Lipinski definition) is 2. The topological polar surface area (TPSA) is 120 Å². The van der Waals surface area contributed by atoms with Crippen molar-refractivity contribution >= 4 is 5.97 Å². The van der Waals surface area contributed by atoms with E-state index in [9.17, 15) is 4.79 Å². The Morgan fingerprint density at radius 3 is 2.94 bits per heavy atom. The van der Waals surface area contributed by atoms with Gasteiger partial charge in [0, 0.05) is 12.6 Å². The van der Waals surface area contributed by atoms with Crippen LogP contribution >= 0.6 is 0 Å². The van der Waals surface area contributed by atoms with Crippen LogP contribution < -0.4 is 5.73 Å². The summed E-state index contributed by atoms with van der Waals surface area (Å²) in [6.45, 7) is 2.10. The van der Waals surface area contributed by atoms with Gasteiger partial charge in [-0.25, -0.2) is 9.48 Å². The molecule has 0 aliphatic carbocycles. The van der Waals surface area contributed by atoms with Crippen LogP contribution in [-0.2, 0) is 13.1 Å². The first-order valence-corrected chi connectivity index (χ1v) is 4.89. The van der Waals surface area contributed by atoms with Gasteiger partial charge in [0.15, 0.2) is 5.69 Å². The van der Waals surface area contributed by atoms with Crippen molar-refractivity contribution in [2.24, 2.45) is 5.73 Å². The maximum Gasteiger partial charge on any atom is 0.358 e. The van der Waals surface area contributed by atoms with E-state index >= 15 is 0 Å². The molecule has 2 rings (SSSR count). The normalized spacial score (nSPS) is 10.7. The van der Waals surface area contributed by atoms with E-state index in [0.29, 0.717) is 17.1 Å². The highest BCUT2D eigenvalue weighted by atomic mass is 16.5. The molecule has 0 atom stereocenters. The maximum absolute atomic E-state index is 10.8. The molecule has 0 aliphatic rings. The number of carboxylic acid groups (broad SMARTS) is 1. The van der Waals surface area contributed by atoms with Crippen molar-refractivity contribution in [2.75, 3.05) is 0 Å². The van der Waals surface area contributed by atoms with E-state index in [4.69, 9.17) is 15.4 Å². The Morgan fingerprint density at radius 1 is 1.65 bits per heavy atom. The molecule has 0 radical (unpaired) electrons. The fourth-order valence-electron chi connectivity index (χ4n) is 1.47. The number of aromatic nitrogens is 4. The predicted octanol–water partition coefficient (Wildman–Crippen LogP) is -0.220. The van der Waals surface area contributed by atoms with Gasteiger partial charge in [-0.05, 0) is 6.92 Å². The number of nitrogens with zero attached hydrogens (tertiary/aromatic N) is 4. The van der Waals surface area contributed by atoms with Gasteiger partial charge in [0.05, 0.1) is 12.2 Å². The van der Waals surface area contributed by atoms with Crippen molar-refractivity contribution in [2.45, 2.75) is 20.0 Å². The van der Waals surface area contributed by atoms with Gasteiger partial charge in [-0.1, -0.05) is 10.4 Å². The lowest BCUT2D eigenvalue weighted by atomic mass is 10.3. The minimum absolute atomic E-state index is 0.0471. The fraction of sp³-hybridized carbons (Fsp3) is 0.333. The summed E-state index contributed by atoms with van der Waals surface area (Å²) >= 11 is 0. The lowest BCUT2D eigenvalue weighted by Gasteiger charge is -2.01. The molecule has 8 heteroatoms. The zero-order valence-corrected chi connectivity index (χ0v) is 9.12. The van der Waals surface area contributed by atoms with Gasteiger partial charge in [0.25, 0.3) is 0 Å². The fourth-order valence-corrected chi connectivity index (χ4v) is 1.47. The molecule has 2 aromatic heterocycles. The summed E-state index contributed by atoms with van der Waals surface area (Å²) in [6, 6.07) is 1.74. The molecular formula is C9H11N5O3. The number of carbonyl (C=O) groups is 1. The lowest BCUT2D eigenvalue weighted by molar-refractivity contribution is 0.0689. The molecule has 0 saturated heterocycles. The highest BCUT2D eigenvalue weighted by Crippen LogP contribution is 2.09. The van der Waals surface area contributed by atoms with Crippen LogP contribution in [0.5, 0.6) is 0 Å². The van der Waals surface area contributed by atoms with Gasteiger partial charge >= 0.3 is 5.97 Å². The third kappa shape index (κ3) is 2.16. The van der Waals surface area contributed by atoms with Crippen molar-refractivity contribution in [3.8, 4) is 0 Å². The van der Waals surface area contributed by atoms with Crippen LogP contribution in [0.1, 0.15) is 27.6 Å². The van der Waals surface area contributed by atoms with Crippen molar-refractivity contribution in [3.63, 3.8) is 0 Å². The molecule has 8 nitrogen and oxygen atoms in total. The maximum atomic E-state index is 10.8. The Bertz CT molecular complexity index is 545. The van der Waals surface area contributed by atoms with Crippen molar-refractivity contribution in [1.29, 1.82) is 0 Å². The Morgan fingerprint density at radius 2 is 2.41 bits per heavy atom. The number of hydrogen-bond acceptors (Lipinski definition) is 6. The third-order valence-corrected chi connectivity index (χ3v) is 2.22. The van der Waals surface area contributed by atoms with Crippen LogP contribution in [0, 0.1) is 6.92 Å². The van der Waals surface area contributed by atoms with Gasteiger partial charge in [0.1, 0.15) is 11.5 Å². The van der Waals surface area contributed by atoms with Crippen LogP contribution in [-0.4, -0.2) is 31.2 Å². The molecule has 2 heterocycles. The average molecular weight is 237 g/mol. The molecule has 0 amide bonds. The second kappa shape index (κ2) is 4.34. The highest BCUT2D eigenvalue weighted by Gasteiger charge is 2.18. The Hall–Kier alpha value is -2.22. The summed E-state index contributed by atoms with van der Waals surface area (Å²) in [7, 11) is 0. The first-order valence-electron chi connectivity index (χ1n) is 4.89. The number of carboxylic acids is 1. The summed E-state index contributed by atoms with van der Waals surface area (Å²) in [5, 5.41) is 20.0. The van der Waals surface area contributed by atoms with Gasteiger partial charge in [0.2, 0.25) is 0 Å². The summed E-state index contributed by atoms with van der Waals surface area (Å²) in [5.74, 6) is -0.471. The standard InChI is InChI=1S/C9H11N5O3/c1-5-2-6(12-17-5)4-14-7(3-10)8(9(15)16)11-13-14/h2H,3-4,10H2,1H3,(H,15,16). The minimum atomic E-state index is -1.15. The molecule has 0 spiro atoms. The predicted molar refractivity (Wildman–Crippen MR) is 55.2 cm³/mol. The van der Waals surface area contributed by atoms with Gasteiger partial charge in [-0.3, -0.25) is 0 Å². The van der Waals surface area contributed by atoms with Crippen LogP contribution in [0.25, 0.3) is 0 Å². The molecule has 0 saturated carbocycles.